The number of aryl methyl sites for hydroxylation is 1. The Kier molecular flexibility index (Phi) is 4.59. The Morgan fingerprint density at radius 3 is 2.59 bits per heavy atom. The number of halogens is 1. The first kappa shape index (κ1) is 17.2. The average molecular weight is 381 g/mol. The highest BCUT2D eigenvalue weighted by Crippen LogP contribution is 2.25. The Balaban J connectivity index is 1.52. The number of fused-ring (bicyclic) bond motifs is 1. The molecule has 27 heavy (non-hydrogen) atoms. The van der Waals surface area contributed by atoms with E-state index in [9.17, 15) is 4.39 Å². The van der Waals surface area contributed by atoms with E-state index in [0.717, 1.165) is 16.2 Å². The summed E-state index contributed by atoms with van der Waals surface area (Å²) in [6, 6.07) is 13.9. The fourth-order valence-electron chi connectivity index (χ4n) is 2.60. The molecule has 0 spiro atoms. The third-order valence-electron chi connectivity index (χ3n) is 3.88. The van der Waals surface area contributed by atoms with Crippen molar-refractivity contribution in [2.24, 2.45) is 7.05 Å². The first-order valence-corrected chi connectivity index (χ1v) is 9.14. The van der Waals surface area contributed by atoms with Crippen molar-refractivity contribution < 1.29 is 4.39 Å². The number of nitrogen functional groups attached to an aromatic ring is 1. The molecule has 0 aliphatic rings. The molecule has 136 valence electrons. The van der Waals surface area contributed by atoms with Crippen molar-refractivity contribution in [3.8, 4) is 0 Å². The lowest BCUT2D eigenvalue weighted by Crippen LogP contribution is -2.06. The predicted molar refractivity (Wildman–Crippen MR) is 104 cm³/mol. The highest BCUT2D eigenvalue weighted by molar-refractivity contribution is 7.98. The minimum atomic E-state index is -0.310. The molecule has 9 heteroatoms. The van der Waals surface area contributed by atoms with Crippen molar-refractivity contribution in [1.82, 2.24) is 24.5 Å². The molecule has 0 fully saturated rings. The SMILES string of the molecule is Cn1c(SCc2nc(N)nc(Nc3ccc(F)cc3)n2)nc2ccccc21. The number of rotatable bonds is 5. The second-order valence-corrected chi connectivity index (χ2v) is 6.74. The van der Waals surface area contributed by atoms with Gasteiger partial charge in [-0.15, -0.1) is 0 Å². The molecule has 0 aliphatic carbocycles. The van der Waals surface area contributed by atoms with Crippen LogP contribution in [0.1, 0.15) is 5.82 Å². The maximum atomic E-state index is 13.0. The second kappa shape index (κ2) is 7.20. The number of aromatic nitrogens is 5. The van der Waals surface area contributed by atoms with Crippen LogP contribution in [0.15, 0.2) is 53.7 Å². The van der Waals surface area contributed by atoms with Gasteiger partial charge in [0.15, 0.2) is 5.16 Å². The quantitative estimate of drug-likeness (QED) is 0.511. The van der Waals surface area contributed by atoms with E-state index in [4.69, 9.17) is 5.73 Å². The van der Waals surface area contributed by atoms with Gasteiger partial charge in [-0.05, 0) is 36.4 Å². The van der Waals surface area contributed by atoms with Gasteiger partial charge in [0, 0.05) is 12.7 Å². The van der Waals surface area contributed by atoms with Crippen LogP contribution in [0.5, 0.6) is 0 Å². The summed E-state index contributed by atoms with van der Waals surface area (Å²) >= 11 is 1.52. The van der Waals surface area contributed by atoms with E-state index in [-0.39, 0.29) is 11.8 Å². The van der Waals surface area contributed by atoms with Crippen LogP contribution in [-0.2, 0) is 12.8 Å². The number of anilines is 3. The van der Waals surface area contributed by atoms with E-state index >= 15 is 0 Å². The number of imidazole rings is 1. The molecule has 0 amide bonds. The molecule has 0 aliphatic heterocycles. The highest BCUT2D eigenvalue weighted by atomic mass is 32.2. The van der Waals surface area contributed by atoms with E-state index in [1.54, 1.807) is 12.1 Å². The number of thioether (sulfide) groups is 1. The van der Waals surface area contributed by atoms with Crippen molar-refractivity contribution in [3.63, 3.8) is 0 Å². The number of hydrogen-bond acceptors (Lipinski definition) is 7. The lowest BCUT2D eigenvalue weighted by molar-refractivity contribution is 0.628. The van der Waals surface area contributed by atoms with Crippen molar-refractivity contribution in [1.29, 1.82) is 0 Å². The van der Waals surface area contributed by atoms with Crippen molar-refractivity contribution in [3.05, 3.63) is 60.2 Å². The monoisotopic (exact) mass is 381 g/mol. The summed E-state index contributed by atoms with van der Waals surface area (Å²) < 4.78 is 15.1. The number of para-hydroxylation sites is 2. The molecule has 4 rings (SSSR count). The van der Waals surface area contributed by atoms with Crippen LogP contribution in [0.2, 0.25) is 0 Å². The van der Waals surface area contributed by atoms with Crippen molar-refractivity contribution in [2.75, 3.05) is 11.1 Å². The van der Waals surface area contributed by atoms with Gasteiger partial charge in [0.25, 0.3) is 0 Å². The molecule has 2 heterocycles. The molecule has 0 saturated heterocycles. The number of nitrogens with two attached hydrogens (primary N) is 1. The topological polar surface area (TPSA) is 94.5 Å². The van der Waals surface area contributed by atoms with E-state index in [1.807, 2.05) is 35.9 Å². The summed E-state index contributed by atoms with van der Waals surface area (Å²) in [5.41, 5.74) is 8.47. The van der Waals surface area contributed by atoms with E-state index in [1.165, 1.54) is 23.9 Å². The van der Waals surface area contributed by atoms with Gasteiger partial charge in [-0.3, -0.25) is 0 Å². The standard InChI is InChI=1S/C18H16FN7S/c1-26-14-5-3-2-4-13(14)22-18(26)27-10-15-23-16(20)25-17(24-15)21-12-8-6-11(19)7-9-12/h2-9H,10H2,1H3,(H3,20,21,23,24,25). The van der Waals surface area contributed by atoms with Gasteiger partial charge in [-0.2, -0.15) is 15.0 Å². The molecule has 2 aromatic heterocycles. The maximum absolute atomic E-state index is 13.0. The number of benzene rings is 2. The Morgan fingerprint density at radius 2 is 1.81 bits per heavy atom. The Morgan fingerprint density at radius 1 is 1.04 bits per heavy atom. The van der Waals surface area contributed by atoms with E-state index in [2.05, 4.69) is 25.3 Å². The van der Waals surface area contributed by atoms with Gasteiger partial charge in [-0.25, -0.2) is 9.37 Å². The number of nitrogens with zero attached hydrogens (tertiary/aromatic N) is 5. The van der Waals surface area contributed by atoms with Gasteiger partial charge in [0.2, 0.25) is 11.9 Å². The molecular weight excluding hydrogens is 365 g/mol. The predicted octanol–water partition coefficient (Wildman–Crippen LogP) is 3.52. The third-order valence-corrected chi connectivity index (χ3v) is 4.90. The smallest absolute Gasteiger partial charge is 0.232 e. The lowest BCUT2D eigenvalue weighted by atomic mass is 10.3. The lowest BCUT2D eigenvalue weighted by Gasteiger charge is -2.07. The van der Waals surface area contributed by atoms with Gasteiger partial charge < -0.3 is 15.6 Å². The summed E-state index contributed by atoms with van der Waals surface area (Å²) in [6.07, 6.45) is 0. The van der Waals surface area contributed by atoms with Crippen molar-refractivity contribution in [2.45, 2.75) is 10.9 Å². The van der Waals surface area contributed by atoms with Crippen LogP contribution >= 0.6 is 11.8 Å². The average Bonchev–Trinajstić information content (AvgIpc) is 2.98. The molecule has 4 aromatic rings. The molecule has 0 radical (unpaired) electrons. The number of hydrogen-bond donors (Lipinski definition) is 2. The fraction of sp³-hybridized carbons (Fsp3) is 0.111. The highest BCUT2D eigenvalue weighted by Gasteiger charge is 2.11. The first-order chi connectivity index (χ1) is 13.1. The maximum Gasteiger partial charge on any atom is 0.232 e. The molecule has 0 bridgehead atoms. The summed E-state index contributed by atoms with van der Waals surface area (Å²) in [7, 11) is 1.97. The van der Waals surface area contributed by atoms with Gasteiger partial charge in [-0.1, -0.05) is 23.9 Å². The Bertz CT molecular complexity index is 1090. The minimum absolute atomic E-state index is 0.121. The number of nitrogens with one attached hydrogen (secondary N) is 1. The molecule has 7 nitrogen and oxygen atoms in total. The zero-order valence-corrected chi connectivity index (χ0v) is 15.2. The third kappa shape index (κ3) is 3.82. The van der Waals surface area contributed by atoms with Crippen LogP contribution in [0, 0.1) is 5.82 Å². The second-order valence-electron chi connectivity index (χ2n) is 5.80. The summed E-state index contributed by atoms with van der Waals surface area (Å²) in [6.45, 7) is 0. The first-order valence-electron chi connectivity index (χ1n) is 8.16. The van der Waals surface area contributed by atoms with Crippen LogP contribution in [0.25, 0.3) is 11.0 Å². The Labute approximate surface area is 158 Å². The molecule has 2 aromatic carbocycles. The normalized spacial score (nSPS) is 11.0. The zero-order valence-electron chi connectivity index (χ0n) is 14.4. The van der Waals surface area contributed by atoms with Crippen LogP contribution in [0.4, 0.5) is 22.0 Å². The van der Waals surface area contributed by atoms with Crippen LogP contribution < -0.4 is 11.1 Å². The largest absolute Gasteiger partial charge is 0.368 e. The van der Waals surface area contributed by atoms with Crippen LogP contribution in [-0.4, -0.2) is 24.5 Å². The molecule has 0 atom stereocenters. The summed E-state index contributed by atoms with van der Waals surface area (Å²) in [5.74, 6) is 1.14. The van der Waals surface area contributed by atoms with Gasteiger partial charge in [0.1, 0.15) is 11.6 Å². The van der Waals surface area contributed by atoms with Gasteiger partial charge in [0.05, 0.1) is 16.8 Å². The van der Waals surface area contributed by atoms with Crippen molar-refractivity contribution >= 4 is 40.4 Å². The molecule has 0 saturated carbocycles. The van der Waals surface area contributed by atoms with Crippen LogP contribution in [0.3, 0.4) is 0 Å². The molecular formula is C18H16FN7S. The molecule has 3 N–H and O–H groups in total. The van der Waals surface area contributed by atoms with E-state index < -0.39 is 0 Å². The Hall–Kier alpha value is -3.20. The zero-order chi connectivity index (χ0) is 18.8. The van der Waals surface area contributed by atoms with Gasteiger partial charge >= 0.3 is 0 Å². The summed E-state index contributed by atoms with van der Waals surface area (Å²) in [5, 5.41) is 3.87. The summed E-state index contributed by atoms with van der Waals surface area (Å²) in [4.78, 5) is 17.3. The minimum Gasteiger partial charge on any atom is -0.368 e. The van der Waals surface area contributed by atoms with E-state index in [0.29, 0.717) is 23.2 Å². The molecule has 0 unspecified atom stereocenters. The fourth-order valence-corrected chi connectivity index (χ4v) is 3.44.